The van der Waals surface area contributed by atoms with Crippen LogP contribution in [0.2, 0.25) is 0 Å². The Morgan fingerprint density at radius 2 is 1.94 bits per heavy atom. The minimum Gasteiger partial charge on any atom is -0.497 e. The molecule has 6 nitrogen and oxygen atoms in total. The third-order valence-corrected chi connectivity index (χ3v) is 2.08. The van der Waals surface area contributed by atoms with Crippen LogP contribution in [0.1, 0.15) is 0 Å². The number of nitrogens with two attached hydrogens (primary N) is 1. The SMILES string of the molecule is COc1ccc(-c2cnc(NN)nn2)cc1. The van der Waals surface area contributed by atoms with Crippen LogP contribution < -0.4 is 16.0 Å². The third-order valence-electron chi connectivity index (χ3n) is 2.08. The average Bonchev–Trinajstić information content (AvgIpc) is 2.39. The second kappa shape index (κ2) is 4.54. The number of benzene rings is 1. The van der Waals surface area contributed by atoms with Crippen LogP contribution in [0.5, 0.6) is 5.75 Å². The van der Waals surface area contributed by atoms with Crippen molar-refractivity contribution in [3.05, 3.63) is 30.5 Å². The highest BCUT2D eigenvalue weighted by Gasteiger charge is 2.01. The molecular formula is C10H11N5O. The summed E-state index contributed by atoms with van der Waals surface area (Å²) in [7, 11) is 1.62. The van der Waals surface area contributed by atoms with E-state index in [-0.39, 0.29) is 5.95 Å². The topological polar surface area (TPSA) is 86.0 Å². The fourth-order valence-corrected chi connectivity index (χ4v) is 1.24. The lowest BCUT2D eigenvalue weighted by molar-refractivity contribution is 0.415. The first-order valence-corrected chi connectivity index (χ1v) is 4.64. The van der Waals surface area contributed by atoms with Crippen LogP contribution in [0, 0.1) is 0 Å². The van der Waals surface area contributed by atoms with Gasteiger partial charge in [-0.05, 0) is 24.3 Å². The summed E-state index contributed by atoms with van der Waals surface area (Å²) >= 11 is 0. The Morgan fingerprint density at radius 3 is 2.44 bits per heavy atom. The Kier molecular flexibility index (Phi) is 2.93. The van der Waals surface area contributed by atoms with E-state index < -0.39 is 0 Å². The highest BCUT2D eigenvalue weighted by molar-refractivity contribution is 5.58. The molecule has 0 saturated heterocycles. The van der Waals surface area contributed by atoms with E-state index in [0.29, 0.717) is 5.69 Å². The van der Waals surface area contributed by atoms with Gasteiger partial charge in [0.15, 0.2) is 0 Å². The van der Waals surface area contributed by atoms with Crippen molar-refractivity contribution in [1.82, 2.24) is 15.2 Å². The minimum absolute atomic E-state index is 0.289. The predicted octanol–water partition coefficient (Wildman–Crippen LogP) is 0.833. The van der Waals surface area contributed by atoms with E-state index in [0.717, 1.165) is 11.3 Å². The van der Waals surface area contributed by atoms with Crippen LogP contribution in [0.25, 0.3) is 11.3 Å². The summed E-state index contributed by atoms with van der Waals surface area (Å²) in [6, 6.07) is 7.48. The van der Waals surface area contributed by atoms with Gasteiger partial charge < -0.3 is 4.74 Å². The van der Waals surface area contributed by atoms with E-state index in [4.69, 9.17) is 10.6 Å². The van der Waals surface area contributed by atoms with E-state index in [2.05, 4.69) is 20.6 Å². The summed E-state index contributed by atoms with van der Waals surface area (Å²) in [6.45, 7) is 0. The molecule has 16 heavy (non-hydrogen) atoms. The van der Waals surface area contributed by atoms with Gasteiger partial charge in [-0.3, -0.25) is 5.43 Å². The molecule has 0 saturated carbocycles. The standard InChI is InChI=1S/C10H11N5O/c1-16-8-4-2-7(3-5-8)9-6-12-10(13-11)15-14-9/h2-6H,11H2,1H3,(H,12,13,15). The monoisotopic (exact) mass is 217 g/mol. The van der Waals surface area contributed by atoms with Gasteiger partial charge in [-0.2, -0.15) is 0 Å². The number of rotatable bonds is 3. The van der Waals surface area contributed by atoms with Gasteiger partial charge in [-0.25, -0.2) is 10.8 Å². The molecule has 0 fully saturated rings. The number of ether oxygens (including phenoxy) is 1. The highest BCUT2D eigenvalue weighted by atomic mass is 16.5. The van der Waals surface area contributed by atoms with E-state index in [1.54, 1.807) is 13.3 Å². The molecule has 0 aliphatic carbocycles. The van der Waals surface area contributed by atoms with Crippen molar-refractivity contribution in [1.29, 1.82) is 0 Å². The first-order chi connectivity index (χ1) is 7.83. The Bertz CT molecular complexity index is 408. The summed E-state index contributed by atoms with van der Waals surface area (Å²) in [5, 5.41) is 7.77. The Balaban J connectivity index is 2.28. The van der Waals surface area contributed by atoms with Crippen LogP contribution in [-0.4, -0.2) is 22.3 Å². The number of hydrazine groups is 1. The lowest BCUT2D eigenvalue weighted by Crippen LogP contribution is -2.11. The number of hydrogen-bond acceptors (Lipinski definition) is 6. The molecule has 82 valence electrons. The number of hydrogen-bond donors (Lipinski definition) is 2. The Labute approximate surface area is 92.5 Å². The molecule has 2 aromatic rings. The minimum atomic E-state index is 0.289. The van der Waals surface area contributed by atoms with Crippen molar-refractivity contribution >= 4 is 5.95 Å². The Hall–Kier alpha value is -2.21. The van der Waals surface area contributed by atoms with Crippen molar-refractivity contribution in [2.24, 2.45) is 5.84 Å². The maximum Gasteiger partial charge on any atom is 0.256 e. The molecule has 0 atom stereocenters. The molecule has 0 aliphatic rings. The molecule has 6 heteroatoms. The molecule has 1 heterocycles. The molecule has 0 amide bonds. The quantitative estimate of drug-likeness (QED) is 0.585. The van der Waals surface area contributed by atoms with E-state index in [1.165, 1.54) is 0 Å². The van der Waals surface area contributed by atoms with E-state index in [9.17, 15) is 0 Å². The number of nitrogen functional groups attached to an aromatic ring is 1. The summed E-state index contributed by atoms with van der Waals surface area (Å²) in [6.07, 6.45) is 1.60. The van der Waals surface area contributed by atoms with E-state index in [1.807, 2.05) is 24.3 Å². The molecule has 0 spiro atoms. The van der Waals surface area contributed by atoms with Crippen LogP contribution in [0.3, 0.4) is 0 Å². The smallest absolute Gasteiger partial charge is 0.256 e. The van der Waals surface area contributed by atoms with E-state index >= 15 is 0 Å². The van der Waals surface area contributed by atoms with Gasteiger partial charge in [0.05, 0.1) is 13.3 Å². The summed E-state index contributed by atoms with van der Waals surface area (Å²) in [4.78, 5) is 3.98. The van der Waals surface area contributed by atoms with Gasteiger partial charge in [-0.1, -0.05) is 0 Å². The molecule has 3 N–H and O–H groups in total. The molecule has 0 unspecified atom stereocenters. The zero-order valence-corrected chi connectivity index (χ0v) is 8.71. The molecule has 1 aromatic carbocycles. The molecular weight excluding hydrogens is 206 g/mol. The van der Waals surface area contributed by atoms with Gasteiger partial charge in [0.1, 0.15) is 11.4 Å². The number of nitrogens with zero attached hydrogens (tertiary/aromatic N) is 3. The zero-order chi connectivity index (χ0) is 11.4. The Morgan fingerprint density at radius 1 is 1.19 bits per heavy atom. The van der Waals surface area contributed by atoms with Gasteiger partial charge in [-0.15, -0.1) is 10.2 Å². The van der Waals surface area contributed by atoms with Crippen LogP contribution in [-0.2, 0) is 0 Å². The fraction of sp³-hybridized carbons (Fsp3) is 0.100. The molecule has 2 rings (SSSR count). The third kappa shape index (κ3) is 2.06. The van der Waals surface area contributed by atoms with Crippen molar-refractivity contribution in [2.45, 2.75) is 0 Å². The number of nitrogens with one attached hydrogen (secondary N) is 1. The lowest BCUT2D eigenvalue weighted by Gasteiger charge is -2.02. The van der Waals surface area contributed by atoms with Crippen LogP contribution in [0.4, 0.5) is 5.95 Å². The second-order valence-electron chi connectivity index (χ2n) is 3.04. The molecule has 0 bridgehead atoms. The van der Waals surface area contributed by atoms with Crippen molar-refractivity contribution < 1.29 is 4.74 Å². The molecule has 0 aliphatic heterocycles. The first-order valence-electron chi connectivity index (χ1n) is 4.64. The van der Waals surface area contributed by atoms with Gasteiger partial charge >= 0.3 is 0 Å². The molecule has 1 aromatic heterocycles. The van der Waals surface area contributed by atoms with Crippen LogP contribution in [0.15, 0.2) is 30.5 Å². The van der Waals surface area contributed by atoms with Gasteiger partial charge in [0, 0.05) is 5.56 Å². The zero-order valence-electron chi connectivity index (χ0n) is 8.71. The maximum atomic E-state index is 5.14. The number of methoxy groups -OCH3 is 1. The van der Waals surface area contributed by atoms with Crippen molar-refractivity contribution in [3.63, 3.8) is 0 Å². The van der Waals surface area contributed by atoms with Gasteiger partial charge in [0.25, 0.3) is 5.95 Å². The molecule has 0 radical (unpaired) electrons. The summed E-state index contributed by atoms with van der Waals surface area (Å²) in [5.74, 6) is 6.23. The number of aromatic nitrogens is 3. The summed E-state index contributed by atoms with van der Waals surface area (Å²) in [5.41, 5.74) is 3.92. The summed E-state index contributed by atoms with van der Waals surface area (Å²) < 4.78 is 5.06. The highest BCUT2D eigenvalue weighted by Crippen LogP contribution is 2.19. The van der Waals surface area contributed by atoms with Crippen LogP contribution >= 0.6 is 0 Å². The largest absolute Gasteiger partial charge is 0.497 e. The predicted molar refractivity (Wildman–Crippen MR) is 59.6 cm³/mol. The van der Waals surface area contributed by atoms with Gasteiger partial charge in [0.2, 0.25) is 0 Å². The maximum absolute atomic E-state index is 5.14. The second-order valence-corrected chi connectivity index (χ2v) is 3.04. The van der Waals surface area contributed by atoms with Crippen molar-refractivity contribution in [3.8, 4) is 17.0 Å². The fourth-order valence-electron chi connectivity index (χ4n) is 1.24. The first kappa shape index (κ1) is 10.3. The lowest BCUT2D eigenvalue weighted by atomic mass is 10.1. The van der Waals surface area contributed by atoms with Crippen molar-refractivity contribution in [2.75, 3.05) is 12.5 Å². The normalized spacial score (nSPS) is 9.88. The number of anilines is 1. The average molecular weight is 217 g/mol.